The van der Waals surface area contributed by atoms with Crippen LogP contribution in [-0.4, -0.2) is 284 Å². The highest BCUT2D eigenvalue weighted by atomic mass is 16.8. The third-order valence-electron chi connectivity index (χ3n) is 10.1. The van der Waals surface area contributed by atoms with E-state index in [1.165, 1.54) is 0 Å². The van der Waals surface area contributed by atoms with E-state index in [9.17, 15) is 91.9 Å². The fraction of sp³-hybridized carbons (Fsp3) is 1.00. The first-order valence-corrected chi connectivity index (χ1v) is 17.6. The van der Waals surface area contributed by atoms with Gasteiger partial charge in [0.15, 0.2) is 25.2 Å². The largest absolute Gasteiger partial charge is 0.394 e. The molecule has 0 saturated carbocycles. The number of rotatable bonds is 12. The molecule has 24 atom stereocenters. The second kappa shape index (κ2) is 20.7. The number of ether oxygens (including phenoxy) is 8. The molecule has 0 bridgehead atoms. The molecule has 336 valence electrons. The second-order valence-electron chi connectivity index (χ2n) is 13.9. The Balaban J connectivity index is 0.000000273. The lowest BCUT2D eigenvalue weighted by Crippen LogP contribution is -2.64. The molecule has 19 N–H and O–H groups in total. The smallest absolute Gasteiger partial charge is 0.224 e. The van der Waals surface area contributed by atoms with Crippen LogP contribution in [0.15, 0.2) is 0 Å². The molecule has 0 amide bonds. The molecule has 27 nitrogen and oxygen atoms in total. The van der Waals surface area contributed by atoms with Crippen LogP contribution in [-0.2, 0) is 37.9 Å². The van der Waals surface area contributed by atoms with E-state index in [4.69, 9.17) is 43.0 Å². The van der Waals surface area contributed by atoms with Crippen LogP contribution in [0, 0.1) is 0 Å². The van der Waals surface area contributed by atoms with Gasteiger partial charge in [-0.15, -0.1) is 0 Å². The van der Waals surface area contributed by atoms with Gasteiger partial charge in [-0.2, -0.15) is 0 Å². The predicted molar refractivity (Wildman–Crippen MR) is 170 cm³/mol. The predicted octanol–water partition coefficient (Wildman–Crippen LogP) is -13.0. The number of aliphatic hydroxyl groups is 19. The standard InChI is InChI=1S/C18H32O16.C12H22O11/c19-1-5-8(22)11(25)13(27)16(31-5)30-3-7-9(23)12(26)14(28)17(32-7)34-18(4-21)15(29)10(24)6(2-20)33-18;13-1-3-5(15)6(16)9(19)12(22-3)23-10-4(2-14)21-11(20)8(18)7(10)17/h5-17,19-29H,1-4H2;3-20H,1-2H2/t5-,6-,7-,8+,9-,10-,11+,12+,13-,14-,15+,16+,17-,18+;3-,4-,5-,6+,7-,8-,9-,10-,11-,12-/m11/s1. The summed E-state index contributed by atoms with van der Waals surface area (Å²) in [6.45, 7) is -4.49. The average Bonchev–Trinajstić information content (AvgIpc) is 3.45. The third kappa shape index (κ3) is 10.2. The summed E-state index contributed by atoms with van der Waals surface area (Å²) in [5, 5.41) is 185. The zero-order valence-electron chi connectivity index (χ0n) is 29.8. The minimum Gasteiger partial charge on any atom is -0.394 e. The normalized spacial score (nSPS) is 51.9. The molecule has 0 unspecified atom stereocenters. The Bertz CT molecular complexity index is 1200. The highest BCUT2D eigenvalue weighted by Crippen LogP contribution is 2.36. The van der Waals surface area contributed by atoms with E-state index in [-0.39, 0.29) is 0 Å². The van der Waals surface area contributed by atoms with Crippen molar-refractivity contribution >= 4 is 0 Å². The van der Waals surface area contributed by atoms with Crippen molar-refractivity contribution in [2.75, 3.05) is 39.6 Å². The van der Waals surface area contributed by atoms with Crippen molar-refractivity contribution in [1.82, 2.24) is 0 Å². The van der Waals surface area contributed by atoms with Gasteiger partial charge in [0.25, 0.3) is 0 Å². The van der Waals surface area contributed by atoms with Crippen molar-refractivity contribution < 1.29 is 135 Å². The first-order chi connectivity index (χ1) is 26.8. The van der Waals surface area contributed by atoms with Gasteiger partial charge in [0.05, 0.1) is 33.0 Å². The van der Waals surface area contributed by atoms with E-state index in [2.05, 4.69) is 0 Å². The van der Waals surface area contributed by atoms with Crippen LogP contribution in [0.1, 0.15) is 0 Å². The minimum absolute atomic E-state index is 0.634. The minimum atomic E-state index is -2.36. The number of hydrogen-bond acceptors (Lipinski definition) is 27. The van der Waals surface area contributed by atoms with E-state index in [1.807, 2.05) is 0 Å². The fourth-order valence-corrected chi connectivity index (χ4v) is 6.58. The molecule has 27 heteroatoms. The van der Waals surface area contributed by atoms with E-state index in [0.29, 0.717) is 0 Å². The van der Waals surface area contributed by atoms with Gasteiger partial charge in [0.2, 0.25) is 5.79 Å². The van der Waals surface area contributed by atoms with Gasteiger partial charge in [-0.25, -0.2) is 0 Å². The SMILES string of the molecule is OC[C@H]1O[C@H](OC[C@H]2O[C@H](O[C@]3(CO)O[C@H](CO)[C@@H](O)[C@@H]3O)[C@H](O)[C@@H](O)[C@@H]2O)[C@H](O)[C@@H](O)[C@H]1O.OC[C@H]1O[C@H](O[C@H]2[C@H](O)[C@@H](O)[C@H](O)O[C@@H]2CO)[C@H](O)[C@@H](O)[C@@H]1O. The lowest BCUT2D eigenvalue weighted by Gasteiger charge is -2.45. The highest BCUT2D eigenvalue weighted by molar-refractivity contribution is 4.99. The average molecular weight is 847 g/mol. The molecule has 0 spiro atoms. The second-order valence-corrected chi connectivity index (χ2v) is 13.9. The summed E-state index contributed by atoms with van der Waals surface area (Å²) in [4.78, 5) is 0. The lowest BCUT2D eigenvalue weighted by molar-refractivity contribution is -0.388. The van der Waals surface area contributed by atoms with Crippen molar-refractivity contribution in [2.24, 2.45) is 0 Å². The number of aliphatic hydroxyl groups excluding tert-OH is 19. The van der Waals surface area contributed by atoms with Crippen LogP contribution < -0.4 is 0 Å². The molecule has 5 heterocycles. The summed E-state index contributed by atoms with van der Waals surface area (Å²) >= 11 is 0. The molecule has 0 radical (unpaired) electrons. The van der Waals surface area contributed by atoms with E-state index in [0.717, 1.165) is 0 Å². The highest BCUT2D eigenvalue weighted by Gasteiger charge is 2.59. The van der Waals surface area contributed by atoms with E-state index >= 15 is 0 Å². The van der Waals surface area contributed by atoms with Gasteiger partial charge in [-0.05, 0) is 0 Å². The van der Waals surface area contributed by atoms with Crippen molar-refractivity contribution in [3.63, 3.8) is 0 Å². The molecule has 5 aliphatic rings. The van der Waals surface area contributed by atoms with Crippen molar-refractivity contribution in [2.45, 2.75) is 147 Å². The topological polar surface area (TPSA) is 458 Å². The van der Waals surface area contributed by atoms with Crippen LogP contribution in [0.25, 0.3) is 0 Å². The monoisotopic (exact) mass is 846 g/mol. The summed E-state index contributed by atoms with van der Waals surface area (Å²) in [5.74, 6) is -2.36. The Morgan fingerprint density at radius 3 is 1.35 bits per heavy atom. The van der Waals surface area contributed by atoms with Crippen molar-refractivity contribution in [3.8, 4) is 0 Å². The fourth-order valence-electron chi connectivity index (χ4n) is 6.58. The maximum Gasteiger partial charge on any atom is 0.224 e. The van der Waals surface area contributed by atoms with Gasteiger partial charge in [-0.3, -0.25) is 0 Å². The summed E-state index contributed by atoms with van der Waals surface area (Å²) < 4.78 is 41.7. The molecular weight excluding hydrogens is 792 g/mol. The lowest BCUT2D eigenvalue weighted by atomic mass is 9.97. The molecule has 5 aliphatic heterocycles. The van der Waals surface area contributed by atoms with Gasteiger partial charge >= 0.3 is 0 Å². The molecule has 5 rings (SSSR count). The Hall–Kier alpha value is -1.08. The first-order valence-electron chi connectivity index (χ1n) is 17.6. The molecule has 0 aromatic rings. The maximum absolute atomic E-state index is 10.3. The van der Waals surface area contributed by atoms with Gasteiger partial charge in [0.1, 0.15) is 123 Å². The Morgan fingerprint density at radius 1 is 0.404 bits per heavy atom. The summed E-state index contributed by atoms with van der Waals surface area (Å²) in [7, 11) is 0. The maximum atomic E-state index is 10.3. The molecule has 5 fully saturated rings. The Kier molecular flexibility index (Phi) is 17.6. The van der Waals surface area contributed by atoms with Gasteiger partial charge in [0, 0.05) is 0 Å². The van der Waals surface area contributed by atoms with Crippen LogP contribution in [0.4, 0.5) is 0 Å². The summed E-state index contributed by atoms with van der Waals surface area (Å²) in [5.41, 5.74) is 0. The number of hydrogen-bond donors (Lipinski definition) is 19. The zero-order chi connectivity index (χ0) is 42.7. The van der Waals surface area contributed by atoms with Crippen LogP contribution in [0.2, 0.25) is 0 Å². The summed E-state index contributed by atoms with van der Waals surface area (Å²) in [6, 6.07) is 0. The first kappa shape index (κ1) is 48.6. The zero-order valence-corrected chi connectivity index (χ0v) is 29.8. The van der Waals surface area contributed by atoms with Crippen molar-refractivity contribution in [3.05, 3.63) is 0 Å². The van der Waals surface area contributed by atoms with Crippen LogP contribution in [0.5, 0.6) is 0 Å². The van der Waals surface area contributed by atoms with E-state index < -0.39 is 187 Å². The van der Waals surface area contributed by atoms with Crippen LogP contribution in [0.3, 0.4) is 0 Å². The third-order valence-corrected chi connectivity index (χ3v) is 10.1. The van der Waals surface area contributed by atoms with Gasteiger partial charge < -0.3 is 135 Å². The molecular formula is C30H54O27. The summed E-state index contributed by atoms with van der Waals surface area (Å²) in [6.07, 6.45) is -37.3. The molecule has 5 saturated heterocycles. The molecule has 57 heavy (non-hydrogen) atoms. The molecule has 0 aromatic carbocycles. The van der Waals surface area contributed by atoms with Crippen LogP contribution >= 0.6 is 0 Å². The van der Waals surface area contributed by atoms with Crippen molar-refractivity contribution in [1.29, 1.82) is 0 Å². The Morgan fingerprint density at radius 2 is 0.860 bits per heavy atom. The molecule has 0 aliphatic carbocycles. The van der Waals surface area contributed by atoms with Gasteiger partial charge in [-0.1, -0.05) is 0 Å². The Labute approximate surface area is 321 Å². The van der Waals surface area contributed by atoms with E-state index in [1.54, 1.807) is 0 Å². The molecule has 0 aromatic heterocycles. The quantitative estimate of drug-likeness (QED) is 0.0867.